The van der Waals surface area contributed by atoms with Gasteiger partial charge in [-0.1, -0.05) is 31.0 Å². The molecule has 1 aromatic carbocycles. The van der Waals surface area contributed by atoms with Gasteiger partial charge in [0, 0.05) is 30.9 Å². The third kappa shape index (κ3) is 4.99. The lowest BCUT2D eigenvalue weighted by molar-refractivity contribution is -0.0880. The summed E-state index contributed by atoms with van der Waals surface area (Å²) in [7, 11) is 0. The summed E-state index contributed by atoms with van der Waals surface area (Å²) >= 11 is 0. The van der Waals surface area contributed by atoms with Crippen molar-refractivity contribution in [2.45, 2.75) is 82.3 Å². The van der Waals surface area contributed by atoms with E-state index in [1.807, 2.05) is 0 Å². The number of fused-ring (bicyclic) bond motifs is 8. The summed E-state index contributed by atoms with van der Waals surface area (Å²) in [6.45, 7) is 11.9. The first-order valence-electron chi connectivity index (χ1n) is 14.7. The molecule has 1 saturated heterocycles. The van der Waals surface area contributed by atoms with Crippen molar-refractivity contribution < 1.29 is 13.2 Å². The Morgan fingerprint density at radius 3 is 2.46 bits per heavy atom. The third-order valence-electron chi connectivity index (χ3n) is 9.24. The van der Waals surface area contributed by atoms with Crippen LogP contribution in [0.25, 0.3) is 15.9 Å². The average molecular weight is 565 g/mol. The van der Waals surface area contributed by atoms with Crippen molar-refractivity contribution in [2.24, 2.45) is 5.92 Å². The highest BCUT2D eigenvalue weighted by Gasteiger charge is 2.55. The van der Waals surface area contributed by atoms with Gasteiger partial charge in [-0.05, 0) is 58.3 Å². The number of pyridine rings is 1. The number of hydrogen-bond donors (Lipinski definition) is 1. The molecule has 1 saturated carbocycles. The molecule has 1 N–H and O–H groups in total. The van der Waals surface area contributed by atoms with E-state index in [4.69, 9.17) is 6.57 Å². The van der Waals surface area contributed by atoms with Crippen molar-refractivity contribution in [3.8, 4) is 0 Å². The summed E-state index contributed by atoms with van der Waals surface area (Å²) in [4.78, 5) is 28.6. The Labute approximate surface area is 237 Å². The molecule has 8 bridgehead atoms. The van der Waals surface area contributed by atoms with Gasteiger partial charge in [0.2, 0.25) is 0 Å². The highest BCUT2D eigenvalue weighted by atomic mass is 19.3. The zero-order valence-corrected chi connectivity index (χ0v) is 23.3. The van der Waals surface area contributed by atoms with Crippen LogP contribution in [0.1, 0.15) is 81.0 Å². The minimum atomic E-state index is -3.28. The number of hydrogen-bond acceptors (Lipinski definition) is 5. The molecule has 4 aliphatic rings. The second-order valence-electron chi connectivity index (χ2n) is 11.8. The van der Waals surface area contributed by atoms with Gasteiger partial charge in [-0.25, -0.2) is 29.7 Å². The topological polar surface area (TPSA) is 67.4 Å². The number of halogens is 3. The number of benzene rings is 1. The SMILES string of the molecule is [C-]#[N+]C1(c2cc3c4ncnc3n(c2=O)CCCCCCN2CCC(CC2)C(F)(F)c2cccc(c2F)[C@@H](C)N4)CC1. The van der Waals surface area contributed by atoms with Gasteiger partial charge in [0.25, 0.3) is 17.0 Å². The lowest BCUT2D eigenvalue weighted by Gasteiger charge is -2.36. The zero-order chi connectivity index (χ0) is 28.8. The van der Waals surface area contributed by atoms with Crippen LogP contribution in [0.5, 0.6) is 0 Å². The van der Waals surface area contributed by atoms with Crippen LogP contribution in [0.2, 0.25) is 0 Å². The predicted octanol–water partition coefficient (Wildman–Crippen LogP) is 6.39. The number of nitrogens with zero attached hydrogens (tertiary/aromatic N) is 5. The average Bonchev–Trinajstić information content (AvgIpc) is 3.76. The fourth-order valence-electron chi connectivity index (χ4n) is 6.52. The molecule has 5 heterocycles. The van der Waals surface area contributed by atoms with Crippen LogP contribution in [0.4, 0.5) is 19.0 Å². The molecule has 3 aromatic rings. The smallest absolute Gasteiger partial charge is 0.278 e. The van der Waals surface area contributed by atoms with E-state index in [0.717, 1.165) is 32.2 Å². The summed E-state index contributed by atoms with van der Waals surface area (Å²) in [5.74, 6) is -4.72. The summed E-state index contributed by atoms with van der Waals surface area (Å²) in [5, 5.41) is 3.77. The molecule has 0 amide bonds. The summed E-state index contributed by atoms with van der Waals surface area (Å²) in [5.41, 5.74) is -0.594. The van der Waals surface area contributed by atoms with Gasteiger partial charge >= 0.3 is 0 Å². The van der Waals surface area contributed by atoms with Gasteiger partial charge < -0.3 is 15.1 Å². The first kappa shape index (κ1) is 27.7. The number of nitrogens with one attached hydrogen (secondary N) is 1. The van der Waals surface area contributed by atoms with Gasteiger partial charge in [0.15, 0.2) is 0 Å². The fraction of sp³-hybridized carbons (Fsp3) is 0.548. The number of rotatable bonds is 1. The van der Waals surface area contributed by atoms with Crippen LogP contribution in [0.3, 0.4) is 0 Å². The van der Waals surface area contributed by atoms with Crippen LogP contribution < -0.4 is 10.9 Å². The largest absolute Gasteiger partial charge is 0.363 e. The molecular formula is C31H35F3N6O. The lowest BCUT2D eigenvalue weighted by Crippen LogP contribution is -2.40. The zero-order valence-electron chi connectivity index (χ0n) is 23.3. The standard InChI is InChI=1S/C31H35F3N6O/c1-20-22-8-7-9-24(26(22)32)31(33,34)21-10-16-39(17-11-21)14-5-3-4-6-15-40-28-23(27(38-20)36-19-37-28)18-25(29(40)41)30(35-2)12-13-30/h7-9,18-21H,3-6,10-17H2,1H3,(H,36,37,38)/t20-/m1/s1. The van der Waals surface area contributed by atoms with E-state index in [1.54, 1.807) is 17.6 Å². The van der Waals surface area contributed by atoms with E-state index in [9.17, 15) is 4.79 Å². The Bertz CT molecular complexity index is 1550. The molecule has 2 aromatic heterocycles. The molecule has 7 rings (SSSR count). The number of anilines is 1. The van der Waals surface area contributed by atoms with Crippen molar-refractivity contribution in [1.29, 1.82) is 0 Å². The van der Waals surface area contributed by atoms with Gasteiger partial charge in [-0.2, -0.15) is 0 Å². The Balaban J connectivity index is 1.45. The number of aryl methyl sites for hydroxylation is 1. The second-order valence-corrected chi connectivity index (χ2v) is 11.8. The van der Waals surface area contributed by atoms with Crippen LogP contribution in [0, 0.1) is 18.3 Å². The van der Waals surface area contributed by atoms with Crippen LogP contribution >= 0.6 is 0 Å². The maximum absolute atomic E-state index is 15.8. The third-order valence-corrected chi connectivity index (χ3v) is 9.24. The molecule has 2 fully saturated rings. The highest BCUT2D eigenvalue weighted by Crippen LogP contribution is 2.49. The Kier molecular flexibility index (Phi) is 7.26. The Hall–Kier alpha value is -3.45. The first-order chi connectivity index (χ1) is 19.7. The van der Waals surface area contributed by atoms with E-state index in [1.165, 1.54) is 24.5 Å². The molecule has 1 aliphatic carbocycles. The van der Waals surface area contributed by atoms with E-state index in [0.29, 0.717) is 67.7 Å². The summed E-state index contributed by atoms with van der Waals surface area (Å²) in [6.07, 6.45) is 6.86. The molecule has 0 radical (unpaired) electrons. The van der Waals surface area contributed by atoms with E-state index >= 15 is 13.2 Å². The van der Waals surface area contributed by atoms with Crippen LogP contribution in [-0.2, 0) is 18.0 Å². The maximum Gasteiger partial charge on any atom is 0.278 e. The molecule has 0 spiro atoms. The van der Waals surface area contributed by atoms with Crippen molar-refractivity contribution in [3.63, 3.8) is 0 Å². The van der Waals surface area contributed by atoms with Gasteiger partial charge in [0.05, 0.1) is 17.0 Å². The predicted molar refractivity (Wildman–Crippen MR) is 151 cm³/mol. The molecule has 3 aliphatic heterocycles. The molecule has 0 unspecified atom stereocenters. The molecule has 7 nitrogen and oxygen atoms in total. The number of aromatic nitrogens is 3. The summed E-state index contributed by atoms with van der Waals surface area (Å²) < 4.78 is 49.0. The Morgan fingerprint density at radius 2 is 1.76 bits per heavy atom. The molecule has 10 heteroatoms. The fourth-order valence-corrected chi connectivity index (χ4v) is 6.52. The van der Waals surface area contributed by atoms with Gasteiger partial charge in [-0.3, -0.25) is 9.36 Å². The lowest BCUT2D eigenvalue weighted by atomic mass is 9.85. The van der Waals surface area contributed by atoms with Crippen molar-refractivity contribution >= 4 is 16.9 Å². The van der Waals surface area contributed by atoms with Crippen LogP contribution in [-0.4, -0.2) is 39.1 Å². The number of alkyl halides is 2. The highest BCUT2D eigenvalue weighted by molar-refractivity contribution is 5.87. The Morgan fingerprint density at radius 1 is 1.02 bits per heavy atom. The molecule has 1 atom stereocenters. The molecule has 41 heavy (non-hydrogen) atoms. The maximum atomic E-state index is 15.8. The van der Waals surface area contributed by atoms with Crippen molar-refractivity contribution in [2.75, 3.05) is 25.0 Å². The summed E-state index contributed by atoms with van der Waals surface area (Å²) in [6, 6.07) is 5.21. The van der Waals surface area contributed by atoms with E-state index in [2.05, 4.69) is 25.0 Å². The number of piperidine rings is 1. The van der Waals surface area contributed by atoms with Gasteiger partial charge in [0.1, 0.15) is 29.2 Å². The van der Waals surface area contributed by atoms with Crippen LogP contribution in [0.15, 0.2) is 35.4 Å². The van der Waals surface area contributed by atoms with E-state index in [-0.39, 0.29) is 11.1 Å². The minimum absolute atomic E-state index is 0.120. The normalized spacial score (nSPS) is 25.8. The second kappa shape index (κ2) is 10.8. The molecular weight excluding hydrogens is 529 g/mol. The van der Waals surface area contributed by atoms with E-state index < -0.39 is 34.8 Å². The first-order valence-corrected chi connectivity index (χ1v) is 14.7. The van der Waals surface area contributed by atoms with Crippen molar-refractivity contribution in [3.05, 3.63) is 74.9 Å². The quantitative estimate of drug-likeness (QED) is 0.347. The van der Waals surface area contributed by atoms with Gasteiger partial charge in [-0.15, -0.1) is 0 Å². The monoisotopic (exact) mass is 564 g/mol. The minimum Gasteiger partial charge on any atom is -0.363 e. The molecule has 216 valence electrons. The van der Waals surface area contributed by atoms with Crippen molar-refractivity contribution in [1.82, 2.24) is 19.4 Å².